The monoisotopic (exact) mass is 369 g/mol. The summed E-state index contributed by atoms with van der Waals surface area (Å²) in [5.74, 6) is -0.884. The third kappa shape index (κ3) is 7.52. The Morgan fingerprint density at radius 3 is 2.15 bits per heavy atom. The SMILES string of the molecule is CC(C)(C)OC(=O)NC(CCC(=O)O)Cc1ccc(-c2ccccc2)cc1. The molecule has 0 saturated carbocycles. The largest absolute Gasteiger partial charge is 0.481 e. The number of rotatable bonds is 7. The molecular formula is C22H27NO4. The zero-order valence-corrected chi connectivity index (χ0v) is 16.1. The number of alkyl carbamates (subject to hydrolysis) is 1. The fourth-order valence-corrected chi connectivity index (χ4v) is 2.75. The van der Waals surface area contributed by atoms with Gasteiger partial charge in [0.1, 0.15) is 5.60 Å². The molecule has 0 radical (unpaired) electrons. The molecule has 1 unspecified atom stereocenters. The third-order valence-electron chi connectivity index (χ3n) is 3.97. The van der Waals surface area contributed by atoms with Crippen molar-refractivity contribution in [1.82, 2.24) is 5.32 Å². The molecule has 1 amide bonds. The van der Waals surface area contributed by atoms with Gasteiger partial charge in [-0.2, -0.15) is 0 Å². The summed E-state index contributed by atoms with van der Waals surface area (Å²) < 4.78 is 5.29. The van der Waals surface area contributed by atoms with E-state index in [1.54, 1.807) is 20.8 Å². The van der Waals surface area contributed by atoms with E-state index in [1.807, 2.05) is 42.5 Å². The Labute approximate surface area is 160 Å². The van der Waals surface area contributed by atoms with E-state index in [2.05, 4.69) is 17.4 Å². The molecule has 144 valence electrons. The van der Waals surface area contributed by atoms with Crippen LogP contribution in [0.25, 0.3) is 11.1 Å². The molecule has 0 aliphatic carbocycles. The van der Waals surface area contributed by atoms with Gasteiger partial charge >= 0.3 is 12.1 Å². The lowest BCUT2D eigenvalue weighted by Crippen LogP contribution is -2.40. The number of carboxylic acid groups (broad SMARTS) is 1. The summed E-state index contributed by atoms with van der Waals surface area (Å²) in [5, 5.41) is 11.8. The van der Waals surface area contributed by atoms with Crippen molar-refractivity contribution in [2.75, 3.05) is 0 Å². The van der Waals surface area contributed by atoms with Crippen molar-refractivity contribution in [1.29, 1.82) is 0 Å². The minimum Gasteiger partial charge on any atom is -0.481 e. The van der Waals surface area contributed by atoms with Crippen LogP contribution in [0.1, 0.15) is 39.2 Å². The number of carboxylic acids is 1. The first-order valence-corrected chi connectivity index (χ1v) is 9.08. The molecule has 0 aromatic heterocycles. The number of hydrogen-bond donors (Lipinski definition) is 2. The lowest BCUT2D eigenvalue weighted by atomic mass is 9.98. The number of carbonyl (C=O) groups is 2. The number of nitrogens with one attached hydrogen (secondary N) is 1. The summed E-state index contributed by atoms with van der Waals surface area (Å²) in [4.78, 5) is 23.0. The van der Waals surface area contributed by atoms with Crippen LogP contribution in [0.3, 0.4) is 0 Å². The summed E-state index contributed by atoms with van der Waals surface area (Å²) in [6.45, 7) is 5.38. The Kier molecular flexibility index (Phi) is 6.99. The van der Waals surface area contributed by atoms with Crippen molar-refractivity contribution in [3.05, 3.63) is 60.2 Å². The van der Waals surface area contributed by atoms with Gasteiger partial charge in [-0.05, 0) is 50.3 Å². The van der Waals surface area contributed by atoms with E-state index in [-0.39, 0.29) is 12.5 Å². The molecule has 0 saturated heterocycles. The van der Waals surface area contributed by atoms with E-state index in [1.165, 1.54) is 0 Å². The first-order chi connectivity index (χ1) is 12.7. The molecule has 1 atom stereocenters. The fourth-order valence-electron chi connectivity index (χ4n) is 2.75. The van der Waals surface area contributed by atoms with Crippen molar-refractivity contribution in [3.63, 3.8) is 0 Å². The molecule has 2 rings (SSSR count). The average molecular weight is 369 g/mol. The van der Waals surface area contributed by atoms with Gasteiger partial charge in [0.25, 0.3) is 0 Å². The predicted molar refractivity (Wildman–Crippen MR) is 106 cm³/mol. The summed E-state index contributed by atoms with van der Waals surface area (Å²) in [7, 11) is 0. The second-order valence-corrected chi connectivity index (χ2v) is 7.54. The average Bonchev–Trinajstić information content (AvgIpc) is 2.59. The van der Waals surface area contributed by atoms with Crippen LogP contribution in [-0.2, 0) is 16.0 Å². The first-order valence-electron chi connectivity index (χ1n) is 9.08. The number of benzene rings is 2. The van der Waals surface area contributed by atoms with Gasteiger partial charge in [-0.3, -0.25) is 4.79 Å². The fraction of sp³-hybridized carbons (Fsp3) is 0.364. The molecule has 27 heavy (non-hydrogen) atoms. The highest BCUT2D eigenvalue weighted by molar-refractivity contribution is 5.69. The molecule has 0 aliphatic heterocycles. The lowest BCUT2D eigenvalue weighted by molar-refractivity contribution is -0.137. The molecule has 5 nitrogen and oxygen atoms in total. The lowest BCUT2D eigenvalue weighted by Gasteiger charge is -2.23. The molecule has 2 N–H and O–H groups in total. The second kappa shape index (κ2) is 9.21. The molecule has 0 bridgehead atoms. The first kappa shape index (κ1) is 20.5. The second-order valence-electron chi connectivity index (χ2n) is 7.54. The topological polar surface area (TPSA) is 75.6 Å². The zero-order chi connectivity index (χ0) is 19.9. The highest BCUT2D eigenvalue weighted by atomic mass is 16.6. The number of aliphatic carboxylic acids is 1. The minimum absolute atomic E-state index is 0.0113. The van der Waals surface area contributed by atoms with Gasteiger partial charge < -0.3 is 15.2 Å². The Hall–Kier alpha value is -2.82. The van der Waals surface area contributed by atoms with E-state index in [0.717, 1.165) is 16.7 Å². The van der Waals surface area contributed by atoms with E-state index in [9.17, 15) is 9.59 Å². The summed E-state index contributed by atoms with van der Waals surface area (Å²) in [6, 6.07) is 17.8. The Morgan fingerprint density at radius 2 is 1.59 bits per heavy atom. The Bertz CT molecular complexity index is 748. The molecule has 2 aromatic carbocycles. The van der Waals surface area contributed by atoms with Crippen LogP contribution in [0.5, 0.6) is 0 Å². The maximum Gasteiger partial charge on any atom is 0.407 e. The number of ether oxygens (including phenoxy) is 1. The van der Waals surface area contributed by atoms with Crippen molar-refractivity contribution in [3.8, 4) is 11.1 Å². The third-order valence-corrected chi connectivity index (χ3v) is 3.97. The zero-order valence-electron chi connectivity index (χ0n) is 16.1. The van der Waals surface area contributed by atoms with Crippen molar-refractivity contribution in [2.45, 2.75) is 51.7 Å². The van der Waals surface area contributed by atoms with E-state index in [4.69, 9.17) is 9.84 Å². The summed E-state index contributed by atoms with van der Waals surface area (Å²) in [5.41, 5.74) is 2.68. The van der Waals surface area contributed by atoms with Gasteiger partial charge in [0.2, 0.25) is 0 Å². The summed E-state index contributed by atoms with van der Waals surface area (Å²) >= 11 is 0. The maximum atomic E-state index is 12.1. The van der Waals surface area contributed by atoms with Crippen LogP contribution < -0.4 is 5.32 Å². The molecule has 0 heterocycles. The highest BCUT2D eigenvalue weighted by Crippen LogP contribution is 2.20. The quantitative estimate of drug-likeness (QED) is 0.745. The number of hydrogen-bond acceptors (Lipinski definition) is 3. The van der Waals surface area contributed by atoms with Crippen LogP contribution in [-0.4, -0.2) is 28.8 Å². The van der Waals surface area contributed by atoms with Gasteiger partial charge in [-0.25, -0.2) is 4.79 Å². The molecular weight excluding hydrogens is 342 g/mol. The van der Waals surface area contributed by atoms with Crippen LogP contribution in [0.15, 0.2) is 54.6 Å². The van der Waals surface area contributed by atoms with Gasteiger partial charge in [0.05, 0.1) is 0 Å². The van der Waals surface area contributed by atoms with Crippen LogP contribution in [0.2, 0.25) is 0 Å². The molecule has 2 aromatic rings. The minimum atomic E-state index is -0.884. The predicted octanol–water partition coefficient (Wildman–Crippen LogP) is 4.65. The molecule has 0 fully saturated rings. The van der Waals surface area contributed by atoms with E-state index >= 15 is 0 Å². The van der Waals surface area contributed by atoms with Gasteiger partial charge in [0.15, 0.2) is 0 Å². The normalized spacial score (nSPS) is 12.3. The summed E-state index contributed by atoms with van der Waals surface area (Å²) in [6.07, 6.45) is 0.345. The van der Waals surface area contributed by atoms with Crippen molar-refractivity contribution < 1.29 is 19.4 Å². The molecule has 0 aliphatic rings. The maximum absolute atomic E-state index is 12.1. The number of carbonyl (C=O) groups excluding carboxylic acids is 1. The smallest absolute Gasteiger partial charge is 0.407 e. The van der Waals surface area contributed by atoms with Crippen molar-refractivity contribution >= 4 is 12.1 Å². The van der Waals surface area contributed by atoms with Gasteiger partial charge in [-0.15, -0.1) is 0 Å². The standard InChI is InChI=1S/C22H27NO4/c1-22(2,3)27-21(26)23-19(13-14-20(24)25)15-16-9-11-18(12-10-16)17-7-5-4-6-8-17/h4-12,19H,13-15H2,1-3H3,(H,23,26)(H,24,25). The van der Waals surface area contributed by atoms with Gasteiger partial charge in [0, 0.05) is 12.5 Å². The van der Waals surface area contributed by atoms with Crippen LogP contribution >= 0.6 is 0 Å². The molecule has 5 heteroatoms. The highest BCUT2D eigenvalue weighted by Gasteiger charge is 2.20. The number of amides is 1. The van der Waals surface area contributed by atoms with E-state index in [0.29, 0.717) is 12.8 Å². The van der Waals surface area contributed by atoms with E-state index < -0.39 is 17.7 Å². The van der Waals surface area contributed by atoms with Gasteiger partial charge in [-0.1, -0.05) is 54.6 Å². The Morgan fingerprint density at radius 1 is 1.00 bits per heavy atom. The van der Waals surface area contributed by atoms with Crippen molar-refractivity contribution in [2.24, 2.45) is 0 Å². The Balaban J connectivity index is 2.05. The van der Waals surface area contributed by atoms with Crippen LogP contribution in [0, 0.1) is 0 Å². The molecule has 0 spiro atoms. The van der Waals surface area contributed by atoms with Crippen LogP contribution in [0.4, 0.5) is 4.79 Å².